The van der Waals surface area contributed by atoms with Gasteiger partial charge < -0.3 is 19.9 Å². The SMILES string of the molecule is C[C@@H]1CCN(C(=O)CC#N)C[C@@H]1N(C)c1ncnc2c1ccn2C(=S)OC1CCNCC1. The Morgan fingerprint density at radius 2 is 2.16 bits per heavy atom. The summed E-state index contributed by atoms with van der Waals surface area (Å²) in [5.41, 5.74) is 0.710. The molecule has 2 atom stereocenters. The molecule has 32 heavy (non-hydrogen) atoms. The van der Waals surface area contributed by atoms with Gasteiger partial charge in [0.05, 0.1) is 17.5 Å². The monoisotopic (exact) mass is 455 g/mol. The Morgan fingerprint density at radius 3 is 2.91 bits per heavy atom. The first-order valence-corrected chi connectivity index (χ1v) is 11.5. The molecule has 2 aliphatic heterocycles. The number of carbonyl (C=O) groups is 1. The highest BCUT2D eigenvalue weighted by Crippen LogP contribution is 2.30. The number of hydrogen-bond donors (Lipinski definition) is 1. The first-order chi connectivity index (χ1) is 15.5. The zero-order chi connectivity index (χ0) is 22.7. The van der Waals surface area contributed by atoms with Crippen molar-refractivity contribution in [2.75, 3.05) is 38.1 Å². The van der Waals surface area contributed by atoms with E-state index in [0.29, 0.717) is 29.8 Å². The summed E-state index contributed by atoms with van der Waals surface area (Å²) >= 11 is 5.58. The maximum absolute atomic E-state index is 12.3. The molecule has 9 nitrogen and oxygen atoms in total. The molecule has 0 aliphatic carbocycles. The van der Waals surface area contributed by atoms with Gasteiger partial charge in [0.1, 0.15) is 24.7 Å². The number of likely N-dealkylation sites (N-methyl/N-ethyl adjacent to an activating group) is 1. The fourth-order valence-corrected chi connectivity index (χ4v) is 4.88. The molecule has 0 unspecified atom stereocenters. The van der Waals surface area contributed by atoms with Crippen molar-refractivity contribution in [3.8, 4) is 6.07 Å². The van der Waals surface area contributed by atoms with Crippen LogP contribution < -0.4 is 10.2 Å². The van der Waals surface area contributed by atoms with Gasteiger partial charge in [0, 0.05) is 26.3 Å². The number of amides is 1. The maximum atomic E-state index is 12.3. The molecular weight excluding hydrogens is 426 g/mol. The summed E-state index contributed by atoms with van der Waals surface area (Å²) in [6.45, 7) is 5.32. The van der Waals surface area contributed by atoms with Gasteiger partial charge in [-0.2, -0.15) is 5.26 Å². The Hall–Kier alpha value is -2.77. The van der Waals surface area contributed by atoms with Gasteiger partial charge in [0.15, 0.2) is 5.65 Å². The molecule has 0 saturated carbocycles. The Morgan fingerprint density at radius 1 is 1.38 bits per heavy atom. The van der Waals surface area contributed by atoms with Crippen molar-refractivity contribution in [2.45, 2.75) is 44.8 Å². The highest BCUT2D eigenvalue weighted by molar-refractivity contribution is 7.80. The summed E-state index contributed by atoms with van der Waals surface area (Å²) in [4.78, 5) is 25.2. The summed E-state index contributed by atoms with van der Waals surface area (Å²) in [5.74, 6) is 1.06. The van der Waals surface area contributed by atoms with Gasteiger partial charge in [0.25, 0.3) is 5.17 Å². The van der Waals surface area contributed by atoms with Crippen LogP contribution in [0.2, 0.25) is 0 Å². The second-order valence-electron chi connectivity index (χ2n) is 8.57. The van der Waals surface area contributed by atoms with Crippen molar-refractivity contribution < 1.29 is 9.53 Å². The van der Waals surface area contributed by atoms with Gasteiger partial charge in [-0.15, -0.1) is 0 Å². The number of nitriles is 1. The summed E-state index contributed by atoms with van der Waals surface area (Å²) in [6, 6.07) is 4.01. The zero-order valence-electron chi connectivity index (χ0n) is 18.5. The van der Waals surface area contributed by atoms with Crippen molar-refractivity contribution in [3.63, 3.8) is 0 Å². The van der Waals surface area contributed by atoms with Crippen LogP contribution in [-0.2, 0) is 9.53 Å². The Bertz CT molecular complexity index is 1030. The molecule has 2 fully saturated rings. The lowest BCUT2D eigenvalue weighted by molar-refractivity contribution is -0.131. The lowest BCUT2D eigenvalue weighted by Crippen LogP contribution is -2.52. The van der Waals surface area contributed by atoms with Gasteiger partial charge >= 0.3 is 0 Å². The van der Waals surface area contributed by atoms with Crippen LogP contribution in [-0.4, -0.2) is 75.9 Å². The summed E-state index contributed by atoms with van der Waals surface area (Å²) in [5, 5.41) is 13.5. The molecule has 0 aromatic carbocycles. The lowest BCUT2D eigenvalue weighted by atomic mass is 9.92. The number of aromatic nitrogens is 3. The van der Waals surface area contributed by atoms with E-state index in [2.05, 4.69) is 27.1 Å². The Labute approximate surface area is 193 Å². The van der Waals surface area contributed by atoms with Crippen molar-refractivity contribution >= 4 is 40.2 Å². The molecule has 10 heteroatoms. The number of rotatable bonds is 4. The second-order valence-corrected chi connectivity index (χ2v) is 8.92. The number of hydrogen-bond acceptors (Lipinski definition) is 8. The molecule has 4 rings (SSSR count). The van der Waals surface area contributed by atoms with E-state index < -0.39 is 0 Å². The van der Waals surface area contributed by atoms with E-state index >= 15 is 0 Å². The smallest absolute Gasteiger partial charge is 0.269 e. The highest BCUT2D eigenvalue weighted by atomic mass is 32.1. The van der Waals surface area contributed by atoms with Gasteiger partial charge in [-0.05, 0) is 56.6 Å². The van der Waals surface area contributed by atoms with Crippen LogP contribution in [0.4, 0.5) is 5.82 Å². The molecule has 2 aromatic heterocycles. The first-order valence-electron chi connectivity index (χ1n) is 11.1. The minimum Gasteiger partial charge on any atom is -0.467 e. The minimum atomic E-state index is -0.114. The Kier molecular flexibility index (Phi) is 6.86. The van der Waals surface area contributed by atoms with Crippen LogP contribution >= 0.6 is 12.2 Å². The van der Waals surface area contributed by atoms with Gasteiger partial charge in [-0.1, -0.05) is 6.92 Å². The maximum Gasteiger partial charge on any atom is 0.269 e. The summed E-state index contributed by atoms with van der Waals surface area (Å²) < 4.78 is 7.86. The van der Waals surface area contributed by atoms with E-state index in [-0.39, 0.29) is 24.5 Å². The number of anilines is 1. The number of nitrogens with zero attached hydrogens (tertiary/aromatic N) is 6. The number of thiocarbonyl (C=S) groups is 1. The van der Waals surface area contributed by atoms with Crippen LogP contribution in [0, 0.1) is 17.2 Å². The normalized spacial score (nSPS) is 21.8. The average Bonchev–Trinajstić information content (AvgIpc) is 3.24. The molecule has 2 aliphatic rings. The fourth-order valence-electron chi connectivity index (χ4n) is 4.60. The molecule has 4 heterocycles. The molecule has 1 N–H and O–H groups in total. The first kappa shape index (κ1) is 22.4. The third-order valence-corrected chi connectivity index (χ3v) is 6.84. The van der Waals surface area contributed by atoms with Crippen molar-refractivity contribution in [3.05, 3.63) is 18.6 Å². The lowest BCUT2D eigenvalue weighted by Gasteiger charge is -2.42. The number of piperidine rings is 2. The zero-order valence-corrected chi connectivity index (χ0v) is 19.3. The number of carbonyl (C=O) groups excluding carboxylic acids is 1. The van der Waals surface area contributed by atoms with E-state index in [9.17, 15) is 4.79 Å². The van der Waals surface area contributed by atoms with Gasteiger partial charge in [-0.3, -0.25) is 9.36 Å². The van der Waals surface area contributed by atoms with E-state index in [1.165, 1.54) is 0 Å². The largest absolute Gasteiger partial charge is 0.467 e. The van der Waals surface area contributed by atoms with Gasteiger partial charge in [0.2, 0.25) is 5.91 Å². The number of nitrogens with one attached hydrogen (secondary N) is 1. The molecule has 0 spiro atoms. The molecule has 1 amide bonds. The van der Waals surface area contributed by atoms with E-state index in [0.717, 1.165) is 43.6 Å². The van der Waals surface area contributed by atoms with Crippen LogP contribution in [0.3, 0.4) is 0 Å². The van der Waals surface area contributed by atoms with E-state index in [1.807, 2.05) is 25.4 Å². The quantitative estimate of drug-likeness (QED) is 0.698. The fraction of sp³-hybridized carbons (Fsp3) is 0.591. The van der Waals surface area contributed by atoms with Crippen LogP contribution in [0.5, 0.6) is 0 Å². The molecule has 2 saturated heterocycles. The molecule has 0 bridgehead atoms. The predicted molar refractivity (Wildman–Crippen MR) is 125 cm³/mol. The molecule has 0 radical (unpaired) electrons. The molecular formula is C22H29N7O2S. The number of ether oxygens (including phenoxy) is 1. The summed E-state index contributed by atoms with van der Waals surface area (Å²) in [6.07, 6.45) is 6.21. The highest BCUT2D eigenvalue weighted by Gasteiger charge is 2.33. The van der Waals surface area contributed by atoms with Crippen LogP contribution in [0.15, 0.2) is 18.6 Å². The third kappa shape index (κ3) is 4.54. The topological polar surface area (TPSA) is 99.3 Å². The minimum absolute atomic E-state index is 0.0834. The second kappa shape index (κ2) is 9.79. The van der Waals surface area contributed by atoms with Crippen LogP contribution in [0.25, 0.3) is 11.0 Å². The van der Waals surface area contributed by atoms with E-state index in [4.69, 9.17) is 22.2 Å². The van der Waals surface area contributed by atoms with Crippen LogP contribution in [0.1, 0.15) is 32.6 Å². The number of likely N-dealkylation sites (tertiary alicyclic amines) is 1. The van der Waals surface area contributed by atoms with Crippen molar-refractivity contribution in [1.29, 1.82) is 5.26 Å². The number of fused-ring (bicyclic) bond motifs is 1. The molecule has 170 valence electrons. The van der Waals surface area contributed by atoms with Crippen molar-refractivity contribution in [2.24, 2.45) is 5.92 Å². The average molecular weight is 456 g/mol. The Balaban J connectivity index is 1.55. The van der Waals surface area contributed by atoms with E-state index in [1.54, 1.807) is 15.8 Å². The van der Waals surface area contributed by atoms with Crippen molar-refractivity contribution in [1.82, 2.24) is 24.8 Å². The summed E-state index contributed by atoms with van der Waals surface area (Å²) in [7, 11) is 2.00. The standard InChI is InChI=1S/C22H29N7O2S/c1-15-6-11-28(19(30)3-8-23)13-18(15)27(2)20-17-7-12-29(21(17)26-14-25-20)22(32)31-16-4-9-24-10-5-16/h7,12,14-16,18,24H,3-6,9-11,13H2,1-2H3/t15-,18+/m1/s1. The molecule has 2 aromatic rings. The van der Waals surface area contributed by atoms with Gasteiger partial charge in [-0.25, -0.2) is 9.97 Å². The third-order valence-electron chi connectivity index (χ3n) is 6.54. The predicted octanol–water partition coefficient (Wildman–Crippen LogP) is 1.92.